The van der Waals surface area contributed by atoms with Crippen LogP contribution in [-0.4, -0.2) is 23.9 Å². The molecule has 6 nitrogen and oxygen atoms in total. The van der Waals surface area contributed by atoms with E-state index in [2.05, 4.69) is 4.98 Å². The van der Waals surface area contributed by atoms with Gasteiger partial charge in [-0.2, -0.15) is 0 Å². The summed E-state index contributed by atoms with van der Waals surface area (Å²) >= 11 is 0. The zero-order valence-electron chi connectivity index (χ0n) is 17.4. The van der Waals surface area contributed by atoms with Crippen LogP contribution in [0.25, 0.3) is 45.5 Å². The number of oxazole rings is 2. The summed E-state index contributed by atoms with van der Waals surface area (Å²) in [5.74, 6) is 2.27. The summed E-state index contributed by atoms with van der Waals surface area (Å²) in [5, 5.41) is 0. The third-order valence-corrected chi connectivity index (χ3v) is 4.92. The lowest BCUT2D eigenvalue weighted by Gasteiger charge is -2.06. The van der Waals surface area contributed by atoms with Gasteiger partial charge in [-0.3, -0.25) is 0 Å². The van der Waals surface area contributed by atoms with Gasteiger partial charge >= 0.3 is 0 Å². The second kappa shape index (κ2) is 8.91. The lowest BCUT2D eigenvalue weighted by molar-refractivity contribution is 0.0511. The molecule has 0 atom stereocenters. The third kappa shape index (κ3) is 3.91. The molecular formula is C26H20N2O4. The predicted octanol–water partition coefficient (Wildman–Crippen LogP) is 6.31. The van der Waals surface area contributed by atoms with Gasteiger partial charge < -0.3 is 18.3 Å². The zero-order chi connectivity index (χ0) is 21.8. The Morgan fingerprint density at radius 1 is 0.750 bits per heavy atom. The maximum Gasteiger partial charge on any atom is 0.250 e. The van der Waals surface area contributed by atoms with Gasteiger partial charge in [0.2, 0.25) is 5.89 Å². The smallest absolute Gasteiger partial charge is 0.250 e. The molecule has 0 amide bonds. The molecular weight excluding hydrogens is 404 g/mol. The molecule has 0 unspecified atom stereocenters. The Balaban J connectivity index is 1.60. The largest absolute Gasteiger partial charge is 0.468 e. The van der Waals surface area contributed by atoms with E-state index < -0.39 is 0 Å². The van der Waals surface area contributed by atoms with Gasteiger partial charge in [-0.05, 0) is 12.1 Å². The van der Waals surface area contributed by atoms with Gasteiger partial charge in [-0.1, -0.05) is 72.8 Å². The summed E-state index contributed by atoms with van der Waals surface area (Å²) in [7, 11) is 1.58. The number of benzene rings is 3. The van der Waals surface area contributed by atoms with Crippen LogP contribution in [0.2, 0.25) is 0 Å². The van der Waals surface area contributed by atoms with Crippen molar-refractivity contribution in [2.75, 3.05) is 13.9 Å². The molecule has 2 aromatic heterocycles. The first kappa shape index (κ1) is 19.8. The highest BCUT2D eigenvalue weighted by atomic mass is 16.7. The average molecular weight is 424 g/mol. The van der Waals surface area contributed by atoms with Crippen LogP contribution in [0.15, 0.2) is 100 Å². The fraction of sp³-hybridized carbons (Fsp3) is 0.0769. The van der Waals surface area contributed by atoms with E-state index in [1.54, 1.807) is 7.11 Å². The highest BCUT2D eigenvalue weighted by Gasteiger charge is 2.23. The molecule has 6 heteroatoms. The molecule has 5 aromatic rings. The molecule has 0 saturated carbocycles. The molecule has 0 fully saturated rings. The number of ether oxygens (including phenoxy) is 2. The highest BCUT2D eigenvalue weighted by Crippen LogP contribution is 2.38. The second-order valence-electron chi connectivity index (χ2n) is 7.04. The number of hydrogen-bond acceptors (Lipinski definition) is 6. The summed E-state index contributed by atoms with van der Waals surface area (Å²) < 4.78 is 22.5. The standard InChI is InChI=1S/C26H20N2O4/c1-29-17-31-21-14-8-13-20(15-21)24-23(27-16-30-24)26-28-22(18-9-4-2-5-10-18)25(32-26)19-11-6-3-7-12-19/h2-16H,17H2,1H3. The SMILES string of the molecule is COCOc1cccc(-c2ocnc2-c2nc(-c3ccccc3)c(-c3ccccc3)o2)c1. The van der Waals surface area contributed by atoms with Crippen molar-refractivity contribution in [1.82, 2.24) is 9.97 Å². The normalized spacial score (nSPS) is 10.9. The minimum absolute atomic E-state index is 0.160. The van der Waals surface area contributed by atoms with Crippen molar-refractivity contribution in [3.05, 3.63) is 91.3 Å². The Labute approximate surface area is 185 Å². The predicted molar refractivity (Wildman–Crippen MR) is 121 cm³/mol. The van der Waals surface area contributed by atoms with Gasteiger partial charge in [0.1, 0.15) is 11.4 Å². The lowest BCUT2D eigenvalue weighted by Crippen LogP contribution is -1.98. The van der Waals surface area contributed by atoms with E-state index in [0.29, 0.717) is 28.9 Å². The minimum atomic E-state index is 0.160. The Morgan fingerprint density at radius 3 is 2.22 bits per heavy atom. The number of nitrogens with zero attached hydrogens (tertiary/aromatic N) is 2. The highest BCUT2D eigenvalue weighted by molar-refractivity contribution is 5.81. The van der Waals surface area contributed by atoms with Crippen molar-refractivity contribution < 1.29 is 18.3 Å². The maximum absolute atomic E-state index is 6.27. The van der Waals surface area contributed by atoms with Crippen LogP contribution in [0.1, 0.15) is 0 Å². The van der Waals surface area contributed by atoms with Gasteiger partial charge in [-0.15, -0.1) is 0 Å². The average Bonchev–Trinajstić information content (AvgIpc) is 3.52. The zero-order valence-corrected chi connectivity index (χ0v) is 17.4. The molecule has 2 heterocycles. The Bertz CT molecular complexity index is 1250. The van der Waals surface area contributed by atoms with Crippen molar-refractivity contribution in [3.63, 3.8) is 0 Å². The van der Waals surface area contributed by atoms with E-state index in [-0.39, 0.29) is 6.79 Å². The first-order chi connectivity index (χ1) is 15.8. The molecule has 0 aliphatic carbocycles. The van der Waals surface area contributed by atoms with E-state index in [1.807, 2.05) is 84.9 Å². The van der Waals surface area contributed by atoms with Crippen LogP contribution >= 0.6 is 0 Å². The van der Waals surface area contributed by atoms with Crippen LogP contribution in [0.4, 0.5) is 0 Å². The molecule has 0 aliphatic heterocycles. The van der Waals surface area contributed by atoms with E-state index in [0.717, 1.165) is 22.4 Å². The summed E-state index contributed by atoms with van der Waals surface area (Å²) in [5.41, 5.74) is 3.96. The van der Waals surface area contributed by atoms with Crippen molar-refractivity contribution >= 4 is 0 Å². The van der Waals surface area contributed by atoms with Crippen LogP contribution in [0.3, 0.4) is 0 Å². The molecule has 0 saturated heterocycles. The van der Waals surface area contributed by atoms with Gasteiger partial charge in [0.15, 0.2) is 30.4 Å². The third-order valence-electron chi connectivity index (χ3n) is 4.92. The van der Waals surface area contributed by atoms with Crippen LogP contribution < -0.4 is 4.74 Å². The van der Waals surface area contributed by atoms with Gasteiger partial charge in [0.05, 0.1) is 0 Å². The molecule has 158 valence electrons. The number of hydrogen-bond donors (Lipinski definition) is 0. The summed E-state index contributed by atoms with van der Waals surface area (Å²) in [6, 6.07) is 27.4. The monoisotopic (exact) mass is 424 g/mol. The van der Waals surface area contributed by atoms with Crippen LogP contribution in [-0.2, 0) is 4.74 Å². The Morgan fingerprint density at radius 2 is 1.47 bits per heavy atom. The number of aromatic nitrogens is 2. The fourth-order valence-electron chi connectivity index (χ4n) is 3.46. The maximum atomic E-state index is 6.27. The molecule has 0 aliphatic rings. The lowest BCUT2D eigenvalue weighted by atomic mass is 10.1. The molecule has 0 bridgehead atoms. The number of rotatable bonds is 7. The molecule has 32 heavy (non-hydrogen) atoms. The fourth-order valence-corrected chi connectivity index (χ4v) is 3.46. The molecule has 0 spiro atoms. The first-order valence-electron chi connectivity index (χ1n) is 10.1. The van der Waals surface area contributed by atoms with Crippen molar-refractivity contribution in [2.24, 2.45) is 0 Å². The second-order valence-corrected chi connectivity index (χ2v) is 7.04. The first-order valence-corrected chi connectivity index (χ1v) is 10.1. The Hall–Kier alpha value is -4.16. The van der Waals surface area contributed by atoms with Gasteiger partial charge in [0, 0.05) is 23.8 Å². The Kier molecular flexibility index (Phi) is 5.51. The van der Waals surface area contributed by atoms with E-state index in [9.17, 15) is 0 Å². The molecule has 3 aromatic carbocycles. The van der Waals surface area contributed by atoms with Crippen LogP contribution in [0.5, 0.6) is 5.75 Å². The van der Waals surface area contributed by atoms with E-state index in [4.69, 9.17) is 23.3 Å². The van der Waals surface area contributed by atoms with Crippen molar-refractivity contribution in [1.29, 1.82) is 0 Å². The quantitative estimate of drug-likeness (QED) is 0.285. The van der Waals surface area contributed by atoms with Crippen molar-refractivity contribution in [2.45, 2.75) is 0 Å². The summed E-state index contributed by atoms with van der Waals surface area (Å²) in [6.07, 6.45) is 1.39. The summed E-state index contributed by atoms with van der Waals surface area (Å²) in [6.45, 7) is 0.160. The molecule has 0 N–H and O–H groups in total. The van der Waals surface area contributed by atoms with Crippen molar-refractivity contribution in [3.8, 4) is 51.2 Å². The topological polar surface area (TPSA) is 70.5 Å². The molecule has 0 radical (unpaired) electrons. The van der Waals surface area contributed by atoms with Gasteiger partial charge in [0.25, 0.3) is 0 Å². The number of methoxy groups -OCH3 is 1. The minimum Gasteiger partial charge on any atom is -0.468 e. The van der Waals surface area contributed by atoms with E-state index in [1.165, 1.54) is 6.39 Å². The van der Waals surface area contributed by atoms with Gasteiger partial charge in [-0.25, -0.2) is 9.97 Å². The summed E-state index contributed by atoms with van der Waals surface area (Å²) in [4.78, 5) is 9.23. The van der Waals surface area contributed by atoms with E-state index >= 15 is 0 Å². The molecule has 5 rings (SSSR count). The van der Waals surface area contributed by atoms with Crippen LogP contribution in [0, 0.1) is 0 Å².